The molecule has 2 atom stereocenters. The second-order valence-electron chi connectivity index (χ2n) is 15.8. The first-order chi connectivity index (χ1) is 24.2. The topological polar surface area (TPSA) is 69.6 Å². The number of hydrogen-bond acceptors (Lipinski definition) is 3. The van der Waals surface area contributed by atoms with E-state index in [1.165, 1.54) is 212 Å². The van der Waals surface area contributed by atoms with Gasteiger partial charge in [0.1, 0.15) is 0 Å². The minimum atomic E-state index is -0.652. The standard InChI is InChI=1S/C45H91NO3/c1-3-5-7-9-11-13-15-17-18-19-20-21-22-23-24-25-26-27-28-29-31-33-35-37-39-41-45(49)46-43(42-47)44(48)40-38-36-34-32-30-16-14-12-10-8-6-4-2/h43-44,47-48H,3-42H2,1-2H3,(H,46,49). The van der Waals surface area contributed by atoms with Gasteiger partial charge in [0.2, 0.25) is 5.91 Å². The molecule has 0 bridgehead atoms. The summed E-state index contributed by atoms with van der Waals surface area (Å²) in [5.41, 5.74) is 0. The van der Waals surface area contributed by atoms with Gasteiger partial charge >= 0.3 is 0 Å². The van der Waals surface area contributed by atoms with E-state index in [0.29, 0.717) is 12.8 Å². The smallest absolute Gasteiger partial charge is 0.220 e. The number of unbranched alkanes of at least 4 members (excludes halogenated alkanes) is 35. The summed E-state index contributed by atoms with van der Waals surface area (Å²) in [6, 6.07) is -0.528. The van der Waals surface area contributed by atoms with Gasteiger partial charge < -0.3 is 15.5 Å². The number of aliphatic hydroxyl groups is 2. The molecular formula is C45H91NO3. The summed E-state index contributed by atoms with van der Waals surface area (Å²) in [6.07, 6.45) is 50.5. The Balaban J connectivity index is 3.41. The van der Waals surface area contributed by atoms with Crippen molar-refractivity contribution in [1.82, 2.24) is 5.32 Å². The van der Waals surface area contributed by atoms with Crippen molar-refractivity contribution in [1.29, 1.82) is 0 Å². The van der Waals surface area contributed by atoms with E-state index in [0.717, 1.165) is 25.7 Å². The van der Waals surface area contributed by atoms with Crippen LogP contribution in [0.2, 0.25) is 0 Å². The van der Waals surface area contributed by atoms with Gasteiger partial charge in [-0.25, -0.2) is 0 Å². The highest BCUT2D eigenvalue weighted by Gasteiger charge is 2.20. The van der Waals surface area contributed by atoms with Gasteiger partial charge in [-0.05, 0) is 12.8 Å². The Labute approximate surface area is 308 Å². The van der Waals surface area contributed by atoms with Crippen molar-refractivity contribution in [2.75, 3.05) is 6.61 Å². The fourth-order valence-electron chi connectivity index (χ4n) is 7.36. The molecule has 0 heterocycles. The number of carbonyl (C=O) groups is 1. The van der Waals surface area contributed by atoms with E-state index in [-0.39, 0.29) is 12.5 Å². The van der Waals surface area contributed by atoms with Crippen LogP contribution >= 0.6 is 0 Å². The molecule has 0 aromatic carbocycles. The van der Waals surface area contributed by atoms with Gasteiger partial charge in [0.05, 0.1) is 18.8 Å². The molecule has 1 amide bonds. The van der Waals surface area contributed by atoms with Crippen LogP contribution in [0.15, 0.2) is 0 Å². The largest absolute Gasteiger partial charge is 0.394 e. The number of aliphatic hydroxyl groups excluding tert-OH is 2. The van der Waals surface area contributed by atoms with Gasteiger partial charge in [0.15, 0.2) is 0 Å². The van der Waals surface area contributed by atoms with Gasteiger partial charge in [-0.3, -0.25) is 4.79 Å². The van der Waals surface area contributed by atoms with Gasteiger partial charge in [0.25, 0.3) is 0 Å². The highest BCUT2D eigenvalue weighted by Crippen LogP contribution is 2.17. The molecule has 3 N–H and O–H groups in total. The van der Waals surface area contributed by atoms with Crippen molar-refractivity contribution >= 4 is 5.91 Å². The zero-order valence-corrected chi connectivity index (χ0v) is 33.7. The van der Waals surface area contributed by atoms with E-state index < -0.39 is 12.1 Å². The summed E-state index contributed by atoms with van der Waals surface area (Å²) in [7, 11) is 0. The lowest BCUT2D eigenvalue weighted by atomic mass is 10.0. The van der Waals surface area contributed by atoms with Gasteiger partial charge in [-0.15, -0.1) is 0 Å². The first-order valence-electron chi connectivity index (χ1n) is 22.7. The third-order valence-electron chi connectivity index (χ3n) is 10.9. The van der Waals surface area contributed by atoms with Crippen LogP contribution in [0.4, 0.5) is 0 Å². The average Bonchev–Trinajstić information content (AvgIpc) is 3.10. The molecule has 0 aromatic rings. The molecule has 0 saturated carbocycles. The minimum Gasteiger partial charge on any atom is -0.394 e. The predicted molar refractivity (Wildman–Crippen MR) is 216 cm³/mol. The van der Waals surface area contributed by atoms with Crippen molar-refractivity contribution in [3.05, 3.63) is 0 Å². The number of hydrogen-bond donors (Lipinski definition) is 3. The van der Waals surface area contributed by atoms with Crippen molar-refractivity contribution in [3.63, 3.8) is 0 Å². The number of nitrogens with one attached hydrogen (secondary N) is 1. The van der Waals surface area contributed by atoms with E-state index in [1.54, 1.807) is 0 Å². The van der Waals surface area contributed by atoms with E-state index in [4.69, 9.17) is 0 Å². The molecule has 4 heteroatoms. The van der Waals surface area contributed by atoms with Crippen LogP contribution in [0.5, 0.6) is 0 Å². The third kappa shape index (κ3) is 38.5. The summed E-state index contributed by atoms with van der Waals surface area (Å²) in [4.78, 5) is 12.4. The second kappa shape index (κ2) is 41.8. The molecule has 49 heavy (non-hydrogen) atoms. The SMILES string of the molecule is CCCCCCCCCCCCCCCCCCCCCCCCCCCC(=O)NC(CO)C(O)CCCCCCCCCCCCCC. The summed E-state index contributed by atoms with van der Waals surface area (Å²) in [5, 5.41) is 23.1. The Bertz CT molecular complexity index is 626. The molecular weight excluding hydrogens is 602 g/mol. The van der Waals surface area contributed by atoms with Crippen molar-refractivity contribution < 1.29 is 15.0 Å². The van der Waals surface area contributed by atoms with Crippen LogP contribution in [-0.2, 0) is 4.79 Å². The second-order valence-corrected chi connectivity index (χ2v) is 15.8. The first kappa shape index (κ1) is 48.4. The van der Waals surface area contributed by atoms with Crippen LogP contribution in [-0.4, -0.2) is 34.9 Å². The average molecular weight is 694 g/mol. The Hall–Kier alpha value is -0.610. The van der Waals surface area contributed by atoms with E-state index >= 15 is 0 Å². The maximum absolute atomic E-state index is 12.4. The molecule has 294 valence electrons. The van der Waals surface area contributed by atoms with Crippen LogP contribution < -0.4 is 5.32 Å². The van der Waals surface area contributed by atoms with Crippen LogP contribution in [0, 0.1) is 0 Å². The fraction of sp³-hybridized carbons (Fsp3) is 0.978. The number of rotatable bonds is 42. The van der Waals surface area contributed by atoms with E-state index in [2.05, 4.69) is 19.2 Å². The quantitative estimate of drug-likeness (QED) is 0.0557. The maximum atomic E-state index is 12.4. The highest BCUT2D eigenvalue weighted by atomic mass is 16.3. The summed E-state index contributed by atoms with van der Waals surface area (Å²) in [5.74, 6) is -0.0260. The van der Waals surface area contributed by atoms with E-state index in [1.807, 2.05) is 0 Å². The highest BCUT2D eigenvalue weighted by molar-refractivity contribution is 5.76. The maximum Gasteiger partial charge on any atom is 0.220 e. The molecule has 0 aromatic heterocycles. The lowest BCUT2D eigenvalue weighted by Gasteiger charge is -2.22. The lowest BCUT2D eigenvalue weighted by molar-refractivity contribution is -0.123. The Morgan fingerprint density at radius 2 is 0.653 bits per heavy atom. The zero-order chi connectivity index (χ0) is 35.7. The van der Waals surface area contributed by atoms with Gasteiger partial charge in [-0.1, -0.05) is 245 Å². The zero-order valence-electron chi connectivity index (χ0n) is 33.7. The Morgan fingerprint density at radius 3 is 0.918 bits per heavy atom. The molecule has 0 fully saturated rings. The Morgan fingerprint density at radius 1 is 0.408 bits per heavy atom. The monoisotopic (exact) mass is 694 g/mol. The molecule has 0 saturated heterocycles. The molecule has 0 aliphatic heterocycles. The normalized spacial score (nSPS) is 12.8. The summed E-state index contributed by atoms with van der Waals surface area (Å²) >= 11 is 0. The number of amides is 1. The molecule has 0 aliphatic rings. The molecule has 2 unspecified atom stereocenters. The van der Waals surface area contributed by atoms with Crippen molar-refractivity contribution in [3.8, 4) is 0 Å². The molecule has 4 nitrogen and oxygen atoms in total. The third-order valence-corrected chi connectivity index (χ3v) is 10.9. The van der Waals surface area contributed by atoms with E-state index in [9.17, 15) is 15.0 Å². The molecule has 0 rings (SSSR count). The number of carbonyl (C=O) groups excluding carboxylic acids is 1. The van der Waals surface area contributed by atoms with Gasteiger partial charge in [-0.2, -0.15) is 0 Å². The van der Waals surface area contributed by atoms with Crippen molar-refractivity contribution in [2.45, 2.75) is 276 Å². The lowest BCUT2D eigenvalue weighted by Crippen LogP contribution is -2.45. The van der Waals surface area contributed by atoms with Gasteiger partial charge in [0, 0.05) is 6.42 Å². The molecule has 0 aliphatic carbocycles. The molecule has 0 radical (unpaired) electrons. The fourth-order valence-corrected chi connectivity index (χ4v) is 7.36. The van der Waals surface area contributed by atoms with Crippen molar-refractivity contribution in [2.24, 2.45) is 0 Å². The summed E-state index contributed by atoms with van der Waals surface area (Å²) < 4.78 is 0. The predicted octanol–water partition coefficient (Wildman–Crippen LogP) is 14.1. The summed E-state index contributed by atoms with van der Waals surface area (Å²) in [6.45, 7) is 4.38. The first-order valence-corrected chi connectivity index (χ1v) is 22.7. The minimum absolute atomic E-state index is 0.0260. The molecule has 0 spiro atoms. The van der Waals surface area contributed by atoms with Crippen LogP contribution in [0.3, 0.4) is 0 Å². The Kier molecular flexibility index (Phi) is 41.3. The van der Waals surface area contributed by atoms with Crippen LogP contribution in [0.25, 0.3) is 0 Å². The van der Waals surface area contributed by atoms with Crippen LogP contribution in [0.1, 0.15) is 264 Å².